The van der Waals surface area contributed by atoms with Gasteiger partial charge in [-0.15, -0.1) is 0 Å². The van der Waals surface area contributed by atoms with Gasteiger partial charge in [0.25, 0.3) is 5.56 Å². The zero-order valence-corrected chi connectivity index (χ0v) is 15.5. The van der Waals surface area contributed by atoms with Gasteiger partial charge in [-0.05, 0) is 49.2 Å². The third kappa shape index (κ3) is 3.91. The summed E-state index contributed by atoms with van der Waals surface area (Å²) < 4.78 is 28.5. The molecular weight excluding hydrogens is 378 g/mol. The molecule has 3 aromatic rings. The highest BCUT2D eigenvalue weighted by atomic mass is 19.1. The number of carbonyl (C=O) groups is 1. The van der Waals surface area contributed by atoms with Crippen LogP contribution >= 0.6 is 0 Å². The van der Waals surface area contributed by atoms with E-state index in [1.165, 1.54) is 18.5 Å². The predicted octanol–water partition coefficient (Wildman–Crippen LogP) is 2.95. The number of halogens is 2. The first-order valence-corrected chi connectivity index (χ1v) is 9.27. The maximum absolute atomic E-state index is 13.7. The lowest BCUT2D eigenvalue weighted by atomic mass is 10.0. The summed E-state index contributed by atoms with van der Waals surface area (Å²) in [4.78, 5) is 35.0. The van der Waals surface area contributed by atoms with Crippen LogP contribution in [0.2, 0.25) is 0 Å². The summed E-state index contributed by atoms with van der Waals surface area (Å²) in [7, 11) is 0. The molecule has 0 unspecified atom stereocenters. The summed E-state index contributed by atoms with van der Waals surface area (Å²) in [5.41, 5.74) is 0.293. The average molecular weight is 396 g/mol. The molecule has 1 aliphatic rings. The van der Waals surface area contributed by atoms with E-state index in [-0.39, 0.29) is 23.1 Å². The lowest BCUT2D eigenvalue weighted by Gasteiger charge is -2.32. The lowest BCUT2D eigenvalue weighted by Crippen LogP contribution is -2.40. The molecule has 148 valence electrons. The van der Waals surface area contributed by atoms with Gasteiger partial charge >= 0.3 is 0 Å². The number of aromatic nitrogens is 3. The van der Waals surface area contributed by atoms with Crippen molar-refractivity contribution in [2.24, 2.45) is 0 Å². The minimum absolute atomic E-state index is 0.0237. The first-order valence-electron chi connectivity index (χ1n) is 9.27. The predicted molar refractivity (Wildman–Crippen MR) is 104 cm³/mol. The molecule has 0 radical (unpaired) electrons. The molecule has 0 saturated carbocycles. The molecule has 8 heteroatoms. The number of amides is 1. The van der Waals surface area contributed by atoms with Gasteiger partial charge in [0, 0.05) is 37.0 Å². The standard InChI is InChI=1S/C21H18F2N4O2/c22-15-4-5-18(23)14(12-15)3-6-19(28)26-10-7-16(8-11-26)27-13-25-20-17(21(27)29)2-1-9-24-20/h1-6,9,12-13,16H,7-8,10-11H2/b6-3+. The van der Waals surface area contributed by atoms with Crippen molar-refractivity contribution in [1.82, 2.24) is 19.4 Å². The molecule has 4 rings (SSSR count). The molecule has 1 fully saturated rings. The summed E-state index contributed by atoms with van der Waals surface area (Å²) in [6, 6.07) is 6.43. The smallest absolute Gasteiger partial charge is 0.263 e. The molecule has 0 atom stereocenters. The zero-order valence-electron chi connectivity index (χ0n) is 15.5. The number of fused-ring (bicyclic) bond motifs is 1. The van der Waals surface area contributed by atoms with E-state index in [0.29, 0.717) is 37.0 Å². The van der Waals surface area contributed by atoms with Crippen LogP contribution in [0, 0.1) is 11.6 Å². The number of pyridine rings is 1. The summed E-state index contributed by atoms with van der Waals surface area (Å²) in [5, 5.41) is 0.466. The molecular formula is C21H18F2N4O2. The van der Waals surface area contributed by atoms with Crippen LogP contribution in [0.5, 0.6) is 0 Å². The fraction of sp³-hybridized carbons (Fsp3) is 0.238. The fourth-order valence-corrected chi connectivity index (χ4v) is 3.51. The number of likely N-dealkylation sites (tertiary alicyclic amines) is 1. The third-order valence-electron chi connectivity index (χ3n) is 5.09. The van der Waals surface area contributed by atoms with E-state index < -0.39 is 11.6 Å². The number of piperidine rings is 1. The van der Waals surface area contributed by atoms with Crippen molar-refractivity contribution >= 4 is 23.0 Å². The van der Waals surface area contributed by atoms with E-state index in [9.17, 15) is 18.4 Å². The van der Waals surface area contributed by atoms with Gasteiger partial charge in [0.05, 0.1) is 5.39 Å². The monoisotopic (exact) mass is 396 g/mol. The van der Waals surface area contributed by atoms with Crippen LogP contribution < -0.4 is 5.56 Å². The van der Waals surface area contributed by atoms with Gasteiger partial charge in [0.1, 0.15) is 18.0 Å². The maximum Gasteiger partial charge on any atom is 0.263 e. The Bertz CT molecular complexity index is 1150. The van der Waals surface area contributed by atoms with Crippen LogP contribution in [-0.2, 0) is 4.79 Å². The molecule has 6 nitrogen and oxygen atoms in total. The molecule has 2 aromatic heterocycles. The highest BCUT2D eigenvalue weighted by Gasteiger charge is 2.24. The molecule has 1 saturated heterocycles. The van der Waals surface area contributed by atoms with E-state index in [1.807, 2.05) is 0 Å². The van der Waals surface area contributed by atoms with E-state index >= 15 is 0 Å². The Labute approximate surface area is 165 Å². The first-order chi connectivity index (χ1) is 14.0. The Morgan fingerprint density at radius 1 is 1.14 bits per heavy atom. The quantitative estimate of drug-likeness (QED) is 0.639. The largest absolute Gasteiger partial charge is 0.339 e. The zero-order chi connectivity index (χ0) is 20.4. The number of rotatable bonds is 3. The molecule has 0 N–H and O–H groups in total. The van der Waals surface area contributed by atoms with Gasteiger partial charge in [-0.2, -0.15) is 0 Å². The number of nitrogens with zero attached hydrogens (tertiary/aromatic N) is 4. The van der Waals surface area contributed by atoms with E-state index in [0.717, 1.165) is 18.2 Å². The Morgan fingerprint density at radius 3 is 2.72 bits per heavy atom. The minimum Gasteiger partial charge on any atom is -0.339 e. The van der Waals surface area contributed by atoms with Crippen LogP contribution in [0.3, 0.4) is 0 Å². The molecule has 1 aliphatic heterocycles. The number of hydrogen-bond donors (Lipinski definition) is 0. The second-order valence-corrected chi connectivity index (χ2v) is 6.89. The van der Waals surface area contributed by atoms with Gasteiger partial charge < -0.3 is 4.90 Å². The molecule has 0 bridgehead atoms. The average Bonchev–Trinajstić information content (AvgIpc) is 2.75. The van der Waals surface area contributed by atoms with Gasteiger partial charge in [-0.3, -0.25) is 14.2 Å². The van der Waals surface area contributed by atoms with Crippen molar-refractivity contribution < 1.29 is 13.6 Å². The van der Waals surface area contributed by atoms with Crippen LogP contribution in [0.1, 0.15) is 24.4 Å². The van der Waals surface area contributed by atoms with Crippen molar-refractivity contribution in [2.75, 3.05) is 13.1 Å². The van der Waals surface area contributed by atoms with E-state index in [2.05, 4.69) is 9.97 Å². The molecule has 1 amide bonds. The Kier molecular flexibility index (Phi) is 5.16. The normalized spacial score (nSPS) is 15.3. The molecule has 3 heterocycles. The Balaban J connectivity index is 1.43. The van der Waals surface area contributed by atoms with Crippen molar-refractivity contribution in [3.63, 3.8) is 0 Å². The van der Waals surface area contributed by atoms with Gasteiger partial charge in [0.15, 0.2) is 5.65 Å². The number of carbonyl (C=O) groups excluding carboxylic acids is 1. The van der Waals surface area contributed by atoms with Crippen molar-refractivity contribution in [2.45, 2.75) is 18.9 Å². The summed E-state index contributed by atoms with van der Waals surface area (Å²) in [6.45, 7) is 0.911. The van der Waals surface area contributed by atoms with E-state index in [1.54, 1.807) is 27.8 Å². The number of hydrogen-bond acceptors (Lipinski definition) is 4. The van der Waals surface area contributed by atoms with Crippen LogP contribution in [0.15, 0.2) is 53.7 Å². The Morgan fingerprint density at radius 2 is 1.93 bits per heavy atom. The molecule has 29 heavy (non-hydrogen) atoms. The maximum atomic E-state index is 13.7. The first kappa shape index (κ1) is 18.9. The third-order valence-corrected chi connectivity index (χ3v) is 5.09. The highest BCUT2D eigenvalue weighted by molar-refractivity contribution is 5.91. The number of benzene rings is 1. The van der Waals surface area contributed by atoms with Crippen molar-refractivity contribution in [3.05, 3.63) is 76.5 Å². The Hall–Kier alpha value is -3.42. The second kappa shape index (κ2) is 7.90. The molecule has 1 aromatic carbocycles. The lowest BCUT2D eigenvalue weighted by molar-refractivity contribution is -0.127. The second-order valence-electron chi connectivity index (χ2n) is 6.89. The fourth-order valence-electron chi connectivity index (χ4n) is 3.51. The summed E-state index contributed by atoms with van der Waals surface area (Å²) >= 11 is 0. The molecule has 0 spiro atoms. The van der Waals surface area contributed by atoms with Gasteiger partial charge in [-0.1, -0.05) is 0 Å². The van der Waals surface area contributed by atoms with Gasteiger partial charge in [0.2, 0.25) is 5.91 Å². The minimum atomic E-state index is -0.591. The summed E-state index contributed by atoms with van der Waals surface area (Å²) in [6.07, 6.45) is 6.81. The molecule has 0 aliphatic carbocycles. The SMILES string of the molecule is O=C(/C=C/c1cc(F)ccc1F)N1CCC(n2cnc3ncccc3c2=O)CC1. The van der Waals surface area contributed by atoms with Gasteiger partial charge in [-0.25, -0.2) is 18.7 Å². The van der Waals surface area contributed by atoms with Crippen molar-refractivity contribution in [3.8, 4) is 0 Å². The summed E-state index contributed by atoms with van der Waals surface area (Å²) in [5.74, 6) is -1.43. The topological polar surface area (TPSA) is 68.1 Å². The van der Waals surface area contributed by atoms with Crippen LogP contribution in [-0.4, -0.2) is 38.4 Å². The van der Waals surface area contributed by atoms with Crippen LogP contribution in [0.25, 0.3) is 17.1 Å². The van der Waals surface area contributed by atoms with E-state index in [4.69, 9.17) is 0 Å². The highest BCUT2D eigenvalue weighted by Crippen LogP contribution is 2.22. The van der Waals surface area contributed by atoms with Crippen LogP contribution in [0.4, 0.5) is 8.78 Å². The van der Waals surface area contributed by atoms with Crippen molar-refractivity contribution in [1.29, 1.82) is 0 Å².